The van der Waals surface area contributed by atoms with E-state index >= 15 is 0 Å². The Morgan fingerprint density at radius 2 is 2.08 bits per heavy atom. The van der Waals surface area contributed by atoms with Gasteiger partial charge in [0, 0.05) is 36.2 Å². The van der Waals surface area contributed by atoms with Gasteiger partial charge in [-0.2, -0.15) is 10.2 Å². The van der Waals surface area contributed by atoms with Crippen molar-refractivity contribution in [1.82, 2.24) is 19.6 Å². The lowest BCUT2D eigenvalue weighted by molar-refractivity contribution is -0.116. The number of carbonyl (C=O) groups excluding carboxylic acids is 1. The number of amides is 1. The quantitative estimate of drug-likeness (QED) is 0.860. The molecule has 1 saturated heterocycles. The molecule has 0 aliphatic carbocycles. The van der Waals surface area contributed by atoms with E-state index < -0.39 is 9.84 Å². The first kappa shape index (κ1) is 16.3. The Kier molecular flexibility index (Phi) is 3.54. The van der Waals surface area contributed by atoms with Crippen LogP contribution in [0.1, 0.15) is 47.3 Å². The first-order valence-corrected chi connectivity index (χ1v) is 10.2. The first-order chi connectivity index (χ1) is 11.8. The molecule has 1 N–H and O–H groups in total. The van der Waals surface area contributed by atoms with Gasteiger partial charge in [0.1, 0.15) is 5.82 Å². The maximum absolute atomic E-state index is 12.2. The van der Waals surface area contributed by atoms with Crippen molar-refractivity contribution in [2.45, 2.75) is 38.6 Å². The summed E-state index contributed by atoms with van der Waals surface area (Å²) in [5, 5.41) is 11.8. The molecule has 0 saturated carbocycles. The molecule has 2 atom stereocenters. The molecule has 2 aromatic heterocycles. The van der Waals surface area contributed by atoms with Gasteiger partial charge in [-0.3, -0.25) is 14.2 Å². The second-order valence-corrected chi connectivity index (χ2v) is 9.19. The number of carbonyl (C=O) groups is 1. The van der Waals surface area contributed by atoms with Gasteiger partial charge >= 0.3 is 0 Å². The number of nitrogens with one attached hydrogen (secondary N) is 1. The fourth-order valence-electron chi connectivity index (χ4n) is 4.10. The van der Waals surface area contributed by atoms with Gasteiger partial charge in [0.15, 0.2) is 9.84 Å². The van der Waals surface area contributed by atoms with E-state index in [1.807, 2.05) is 18.5 Å². The maximum Gasteiger partial charge on any atom is 0.226 e. The first-order valence-electron chi connectivity index (χ1n) is 8.34. The summed E-state index contributed by atoms with van der Waals surface area (Å²) in [7, 11) is -1.18. The summed E-state index contributed by atoms with van der Waals surface area (Å²) >= 11 is 0. The average Bonchev–Trinajstić information content (AvgIpc) is 3.16. The summed E-state index contributed by atoms with van der Waals surface area (Å²) in [5.41, 5.74) is 3.77. The van der Waals surface area contributed by atoms with Crippen molar-refractivity contribution in [2.24, 2.45) is 7.05 Å². The van der Waals surface area contributed by atoms with Gasteiger partial charge in [0.05, 0.1) is 29.4 Å². The molecule has 0 spiro atoms. The number of anilines is 1. The highest BCUT2D eigenvalue weighted by molar-refractivity contribution is 7.91. The SMILES string of the molecule is Cc1nn([C@@H]2CCS(=O)(=O)C2)c(C)c1[C@@H]1CC(=O)Nc2c1cnn2C. The van der Waals surface area contributed by atoms with Crippen molar-refractivity contribution in [3.63, 3.8) is 0 Å². The minimum Gasteiger partial charge on any atom is -0.311 e. The van der Waals surface area contributed by atoms with Crippen LogP contribution in [0.5, 0.6) is 0 Å². The normalized spacial score (nSPS) is 25.0. The van der Waals surface area contributed by atoms with E-state index in [9.17, 15) is 13.2 Å². The number of aromatic nitrogens is 4. The van der Waals surface area contributed by atoms with Crippen molar-refractivity contribution in [3.8, 4) is 0 Å². The smallest absolute Gasteiger partial charge is 0.226 e. The molecule has 1 amide bonds. The molecule has 0 unspecified atom stereocenters. The Labute approximate surface area is 146 Å². The Morgan fingerprint density at radius 3 is 2.76 bits per heavy atom. The molecule has 9 heteroatoms. The van der Waals surface area contributed by atoms with Crippen LogP contribution < -0.4 is 5.32 Å². The molecule has 134 valence electrons. The highest BCUT2D eigenvalue weighted by Gasteiger charge is 2.36. The summed E-state index contributed by atoms with van der Waals surface area (Å²) in [6.45, 7) is 3.88. The number of sulfone groups is 1. The molecule has 2 aromatic rings. The molecule has 4 rings (SSSR count). The third-order valence-corrected chi connectivity index (χ3v) is 7.02. The molecule has 4 heterocycles. The number of fused-ring (bicyclic) bond motifs is 1. The molecule has 0 aromatic carbocycles. The van der Waals surface area contributed by atoms with Crippen molar-refractivity contribution < 1.29 is 13.2 Å². The van der Waals surface area contributed by atoms with Crippen LogP contribution >= 0.6 is 0 Å². The minimum atomic E-state index is -2.98. The van der Waals surface area contributed by atoms with Crippen LogP contribution in [0.2, 0.25) is 0 Å². The lowest BCUT2D eigenvalue weighted by Gasteiger charge is -2.23. The van der Waals surface area contributed by atoms with Crippen LogP contribution in [-0.4, -0.2) is 45.4 Å². The summed E-state index contributed by atoms with van der Waals surface area (Å²) in [4.78, 5) is 12.2. The van der Waals surface area contributed by atoms with Crippen molar-refractivity contribution in [2.75, 3.05) is 16.8 Å². The second kappa shape index (κ2) is 5.42. The van der Waals surface area contributed by atoms with E-state index in [0.29, 0.717) is 12.8 Å². The van der Waals surface area contributed by atoms with Crippen molar-refractivity contribution in [3.05, 3.63) is 28.7 Å². The summed E-state index contributed by atoms with van der Waals surface area (Å²) in [6.07, 6.45) is 2.72. The third-order valence-electron chi connectivity index (χ3n) is 5.27. The molecule has 25 heavy (non-hydrogen) atoms. The van der Waals surface area contributed by atoms with E-state index in [1.165, 1.54) is 0 Å². The Balaban J connectivity index is 1.78. The minimum absolute atomic E-state index is 0.0453. The highest BCUT2D eigenvalue weighted by atomic mass is 32.2. The lowest BCUT2D eigenvalue weighted by Crippen LogP contribution is -2.25. The molecule has 0 bridgehead atoms. The summed E-state index contributed by atoms with van der Waals surface area (Å²) < 4.78 is 27.2. The lowest BCUT2D eigenvalue weighted by atomic mass is 9.86. The van der Waals surface area contributed by atoms with E-state index in [2.05, 4.69) is 15.5 Å². The fourth-order valence-corrected chi connectivity index (χ4v) is 5.79. The number of hydrogen-bond donors (Lipinski definition) is 1. The summed E-state index contributed by atoms with van der Waals surface area (Å²) in [5.74, 6) is 0.915. The number of aryl methyl sites for hydroxylation is 2. The topological polar surface area (TPSA) is 98.9 Å². The standard InChI is InChI=1S/C16H21N5O3S/c1-9-15(10(2)21(19-9)11-4-5-25(23,24)8-11)12-6-14(22)18-16-13(12)7-17-20(16)3/h7,11-12H,4-6,8H2,1-3H3,(H,18,22)/t11-,12-/m1/s1. The average molecular weight is 363 g/mol. The van der Waals surface area contributed by atoms with Crippen LogP contribution in [0.3, 0.4) is 0 Å². The van der Waals surface area contributed by atoms with E-state index in [0.717, 1.165) is 28.3 Å². The van der Waals surface area contributed by atoms with Gasteiger partial charge < -0.3 is 5.32 Å². The van der Waals surface area contributed by atoms with Crippen molar-refractivity contribution >= 4 is 21.6 Å². The Bertz CT molecular complexity index is 972. The second-order valence-electron chi connectivity index (χ2n) is 6.96. The van der Waals surface area contributed by atoms with Gasteiger partial charge in [-0.1, -0.05) is 0 Å². The van der Waals surface area contributed by atoms with Crippen molar-refractivity contribution in [1.29, 1.82) is 0 Å². The predicted molar refractivity (Wildman–Crippen MR) is 92.3 cm³/mol. The van der Waals surface area contributed by atoms with E-state index in [-0.39, 0.29) is 29.4 Å². The van der Waals surface area contributed by atoms with Crippen LogP contribution in [0.4, 0.5) is 5.82 Å². The largest absolute Gasteiger partial charge is 0.311 e. The number of nitrogens with zero attached hydrogens (tertiary/aromatic N) is 4. The number of hydrogen-bond acceptors (Lipinski definition) is 5. The van der Waals surface area contributed by atoms with E-state index in [4.69, 9.17) is 0 Å². The highest BCUT2D eigenvalue weighted by Crippen LogP contribution is 2.40. The van der Waals surface area contributed by atoms with Crippen LogP contribution in [0.25, 0.3) is 0 Å². The van der Waals surface area contributed by atoms with Gasteiger partial charge in [0.2, 0.25) is 5.91 Å². The molecule has 2 aliphatic heterocycles. The zero-order valence-electron chi connectivity index (χ0n) is 14.5. The zero-order chi connectivity index (χ0) is 17.9. The van der Waals surface area contributed by atoms with Gasteiger partial charge in [-0.15, -0.1) is 0 Å². The molecular formula is C16H21N5O3S. The summed E-state index contributed by atoms with van der Waals surface area (Å²) in [6, 6.07) is -0.122. The zero-order valence-corrected chi connectivity index (χ0v) is 15.3. The van der Waals surface area contributed by atoms with Crippen LogP contribution in [0, 0.1) is 13.8 Å². The fraction of sp³-hybridized carbons (Fsp3) is 0.562. The molecule has 0 radical (unpaired) electrons. The third kappa shape index (κ3) is 2.57. The van der Waals surface area contributed by atoms with Gasteiger partial charge in [-0.05, 0) is 20.3 Å². The van der Waals surface area contributed by atoms with Gasteiger partial charge in [-0.25, -0.2) is 8.42 Å². The monoisotopic (exact) mass is 363 g/mol. The molecule has 2 aliphatic rings. The maximum atomic E-state index is 12.2. The Morgan fingerprint density at radius 1 is 1.32 bits per heavy atom. The van der Waals surface area contributed by atoms with E-state index in [1.54, 1.807) is 17.9 Å². The van der Waals surface area contributed by atoms with Crippen LogP contribution in [-0.2, 0) is 21.7 Å². The molecular weight excluding hydrogens is 342 g/mol. The Hall–Kier alpha value is -2.16. The van der Waals surface area contributed by atoms with Crippen LogP contribution in [0.15, 0.2) is 6.20 Å². The number of rotatable bonds is 2. The van der Waals surface area contributed by atoms with Gasteiger partial charge in [0.25, 0.3) is 0 Å². The predicted octanol–water partition coefficient (Wildman–Crippen LogP) is 1.07. The molecule has 8 nitrogen and oxygen atoms in total. The molecule has 1 fully saturated rings.